The molecule has 2 heterocycles. The lowest BCUT2D eigenvalue weighted by Crippen LogP contribution is -2.19. The van der Waals surface area contributed by atoms with Gasteiger partial charge in [0.2, 0.25) is 0 Å². The van der Waals surface area contributed by atoms with E-state index in [1.54, 1.807) is 48.5 Å². The van der Waals surface area contributed by atoms with E-state index in [-0.39, 0.29) is 17.9 Å². The first kappa shape index (κ1) is 20.1. The maximum atomic E-state index is 12.8. The van der Waals surface area contributed by atoms with E-state index in [0.29, 0.717) is 34.2 Å². The third-order valence-electron chi connectivity index (χ3n) is 4.70. The summed E-state index contributed by atoms with van der Waals surface area (Å²) in [6, 6.07) is 17.8. The Morgan fingerprint density at radius 1 is 1.00 bits per heavy atom. The molecule has 0 radical (unpaired) electrons. The van der Waals surface area contributed by atoms with Gasteiger partial charge in [0, 0.05) is 18.0 Å². The van der Waals surface area contributed by atoms with Crippen LogP contribution in [0, 0.1) is 0 Å². The lowest BCUT2D eigenvalue weighted by molar-refractivity contribution is 0.0673. The number of carbonyl (C=O) groups is 2. The van der Waals surface area contributed by atoms with Crippen molar-refractivity contribution in [2.24, 2.45) is 0 Å². The Hall–Kier alpha value is -3.16. The second-order valence-electron chi connectivity index (χ2n) is 6.91. The summed E-state index contributed by atoms with van der Waals surface area (Å²) in [7, 11) is 0. The fraction of sp³-hybridized carbons (Fsp3) is 0.217. The molecule has 7 heteroatoms. The molecular weight excluding hydrogens is 400 g/mol. The molecule has 30 heavy (non-hydrogen) atoms. The number of para-hydroxylation sites is 1. The summed E-state index contributed by atoms with van der Waals surface area (Å²) in [6.07, 6.45) is 2.08. The highest BCUT2D eigenvalue weighted by molar-refractivity contribution is 7.12. The number of amides is 2. The van der Waals surface area contributed by atoms with E-state index in [9.17, 15) is 9.59 Å². The minimum atomic E-state index is -0.278. The Bertz CT molecular complexity index is 1010. The number of benzene rings is 2. The van der Waals surface area contributed by atoms with Crippen LogP contribution in [0.5, 0.6) is 5.75 Å². The lowest BCUT2D eigenvalue weighted by Gasteiger charge is -2.15. The van der Waals surface area contributed by atoms with Crippen molar-refractivity contribution in [2.45, 2.75) is 18.9 Å². The third kappa shape index (κ3) is 5.06. The van der Waals surface area contributed by atoms with Gasteiger partial charge in [0.25, 0.3) is 11.8 Å². The van der Waals surface area contributed by atoms with Gasteiger partial charge in [-0.25, -0.2) is 0 Å². The van der Waals surface area contributed by atoms with Gasteiger partial charge in [0.15, 0.2) is 0 Å². The number of ether oxygens (including phenoxy) is 2. The van der Waals surface area contributed by atoms with Gasteiger partial charge < -0.3 is 20.1 Å². The summed E-state index contributed by atoms with van der Waals surface area (Å²) in [5.41, 5.74) is 1.63. The Labute approximate surface area is 178 Å². The van der Waals surface area contributed by atoms with Crippen LogP contribution in [-0.4, -0.2) is 31.1 Å². The number of rotatable bonds is 7. The molecule has 1 unspecified atom stereocenters. The summed E-state index contributed by atoms with van der Waals surface area (Å²) in [5, 5.41) is 7.57. The first-order chi connectivity index (χ1) is 14.7. The van der Waals surface area contributed by atoms with Crippen molar-refractivity contribution < 1.29 is 19.1 Å². The van der Waals surface area contributed by atoms with Crippen molar-refractivity contribution >= 4 is 34.5 Å². The summed E-state index contributed by atoms with van der Waals surface area (Å²) in [6.45, 7) is 1.18. The van der Waals surface area contributed by atoms with Gasteiger partial charge in [0.05, 0.1) is 16.5 Å². The predicted molar refractivity (Wildman–Crippen MR) is 118 cm³/mol. The quantitative estimate of drug-likeness (QED) is 0.573. The van der Waals surface area contributed by atoms with Gasteiger partial charge in [0.1, 0.15) is 12.4 Å². The zero-order valence-electron chi connectivity index (χ0n) is 16.3. The van der Waals surface area contributed by atoms with Crippen LogP contribution in [0.4, 0.5) is 11.4 Å². The largest absolute Gasteiger partial charge is 0.490 e. The molecule has 0 bridgehead atoms. The zero-order valence-corrected chi connectivity index (χ0v) is 17.1. The number of carbonyl (C=O) groups excluding carboxylic acids is 2. The molecule has 1 aliphatic heterocycles. The Morgan fingerprint density at radius 2 is 1.80 bits per heavy atom. The smallest absolute Gasteiger partial charge is 0.265 e. The summed E-state index contributed by atoms with van der Waals surface area (Å²) in [4.78, 5) is 25.7. The molecule has 1 atom stereocenters. The lowest BCUT2D eigenvalue weighted by atomic mass is 10.1. The van der Waals surface area contributed by atoms with E-state index in [1.165, 1.54) is 11.3 Å². The van der Waals surface area contributed by atoms with Crippen molar-refractivity contribution in [2.75, 3.05) is 23.8 Å². The van der Waals surface area contributed by atoms with Gasteiger partial charge in [-0.05, 0) is 54.6 Å². The van der Waals surface area contributed by atoms with Crippen molar-refractivity contribution in [1.82, 2.24) is 0 Å². The normalized spacial score (nSPS) is 15.5. The molecule has 3 aromatic rings. The second-order valence-corrected chi connectivity index (χ2v) is 7.86. The fourth-order valence-electron chi connectivity index (χ4n) is 3.21. The van der Waals surface area contributed by atoms with E-state index in [4.69, 9.17) is 9.47 Å². The monoisotopic (exact) mass is 422 g/mol. The SMILES string of the molecule is O=C(Nc1cccc(NC(=O)c2ccccc2OCC2CCCO2)c1)c1cccs1. The Kier molecular flexibility index (Phi) is 6.41. The average molecular weight is 423 g/mol. The molecule has 1 aliphatic rings. The van der Waals surface area contributed by atoms with Gasteiger partial charge in [-0.1, -0.05) is 24.3 Å². The minimum absolute atomic E-state index is 0.0738. The van der Waals surface area contributed by atoms with Gasteiger partial charge in [-0.2, -0.15) is 0 Å². The second kappa shape index (κ2) is 9.56. The van der Waals surface area contributed by atoms with Crippen LogP contribution in [0.1, 0.15) is 32.9 Å². The van der Waals surface area contributed by atoms with E-state index in [1.807, 2.05) is 17.5 Å². The molecule has 1 fully saturated rings. The highest BCUT2D eigenvalue weighted by atomic mass is 32.1. The van der Waals surface area contributed by atoms with Crippen molar-refractivity contribution in [3.63, 3.8) is 0 Å². The molecule has 1 saturated heterocycles. The molecule has 0 spiro atoms. The van der Waals surface area contributed by atoms with Crippen molar-refractivity contribution in [3.8, 4) is 5.75 Å². The van der Waals surface area contributed by atoms with Crippen LogP contribution < -0.4 is 15.4 Å². The van der Waals surface area contributed by atoms with E-state index >= 15 is 0 Å². The molecule has 2 N–H and O–H groups in total. The van der Waals surface area contributed by atoms with Crippen LogP contribution in [0.3, 0.4) is 0 Å². The highest BCUT2D eigenvalue weighted by Gasteiger charge is 2.18. The maximum Gasteiger partial charge on any atom is 0.265 e. The average Bonchev–Trinajstić information content (AvgIpc) is 3.47. The molecule has 2 aromatic carbocycles. The number of thiophene rings is 1. The molecule has 6 nitrogen and oxygen atoms in total. The van der Waals surface area contributed by atoms with Crippen molar-refractivity contribution in [1.29, 1.82) is 0 Å². The topological polar surface area (TPSA) is 76.7 Å². The van der Waals surface area contributed by atoms with Crippen LogP contribution in [0.15, 0.2) is 66.0 Å². The Morgan fingerprint density at radius 3 is 2.53 bits per heavy atom. The molecule has 0 saturated carbocycles. The van der Waals surface area contributed by atoms with E-state index < -0.39 is 0 Å². The van der Waals surface area contributed by atoms with E-state index in [2.05, 4.69) is 10.6 Å². The van der Waals surface area contributed by atoms with Crippen LogP contribution in [-0.2, 0) is 4.74 Å². The van der Waals surface area contributed by atoms with Gasteiger partial charge >= 0.3 is 0 Å². The Balaban J connectivity index is 1.42. The van der Waals surface area contributed by atoms with Crippen LogP contribution in [0.2, 0.25) is 0 Å². The fourth-order valence-corrected chi connectivity index (χ4v) is 3.83. The number of hydrogen-bond donors (Lipinski definition) is 2. The summed E-state index contributed by atoms with van der Waals surface area (Å²) < 4.78 is 11.4. The van der Waals surface area contributed by atoms with Crippen LogP contribution >= 0.6 is 11.3 Å². The van der Waals surface area contributed by atoms with Gasteiger partial charge in [-0.15, -0.1) is 11.3 Å². The van der Waals surface area contributed by atoms with Crippen molar-refractivity contribution in [3.05, 3.63) is 76.5 Å². The number of anilines is 2. The summed E-state index contributed by atoms with van der Waals surface area (Å²) in [5.74, 6) is 0.0636. The molecule has 4 rings (SSSR count). The molecule has 154 valence electrons. The molecule has 2 amide bonds. The first-order valence-corrected chi connectivity index (χ1v) is 10.7. The number of hydrogen-bond acceptors (Lipinski definition) is 5. The highest BCUT2D eigenvalue weighted by Crippen LogP contribution is 2.23. The summed E-state index contributed by atoms with van der Waals surface area (Å²) >= 11 is 1.37. The van der Waals surface area contributed by atoms with E-state index in [0.717, 1.165) is 19.4 Å². The zero-order chi connectivity index (χ0) is 20.8. The maximum absolute atomic E-state index is 12.8. The first-order valence-electron chi connectivity index (χ1n) is 9.79. The molecular formula is C23H22N2O4S. The third-order valence-corrected chi connectivity index (χ3v) is 5.57. The standard InChI is InChI=1S/C23H22N2O4S/c26-22(19-9-1-2-10-20(19)29-15-18-8-4-12-28-18)24-16-6-3-7-17(14-16)25-23(27)21-11-5-13-30-21/h1-3,5-7,9-11,13-14,18H,4,8,12,15H2,(H,24,26)(H,25,27). The molecule has 1 aromatic heterocycles. The van der Waals surface area contributed by atoms with Gasteiger partial charge in [-0.3, -0.25) is 9.59 Å². The molecule has 0 aliphatic carbocycles. The number of nitrogens with one attached hydrogen (secondary N) is 2. The minimum Gasteiger partial charge on any atom is -0.490 e. The van der Waals surface area contributed by atoms with Crippen LogP contribution in [0.25, 0.3) is 0 Å². The predicted octanol–water partition coefficient (Wildman–Crippen LogP) is 4.81.